The Labute approximate surface area is 104 Å². The van der Waals surface area contributed by atoms with Crippen molar-refractivity contribution in [3.05, 3.63) is 34.3 Å². The fraction of sp³-hybridized carbons (Fsp3) is 0.500. The topological polar surface area (TPSA) is 20.2 Å². The normalized spacial score (nSPS) is 12.7. The number of hydrogen-bond acceptors (Lipinski definition) is 2. The minimum atomic E-state index is -0.210. The molecule has 0 bridgehead atoms. The van der Waals surface area contributed by atoms with Crippen molar-refractivity contribution in [2.45, 2.75) is 25.9 Å². The first kappa shape index (κ1) is 13.1. The quantitative estimate of drug-likeness (QED) is 0.809. The highest BCUT2D eigenvalue weighted by molar-refractivity contribution is 9.10. The van der Waals surface area contributed by atoms with E-state index >= 15 is 0 Å². The predicted molar refractivity (Wildman–Crippen MR) is 71.5 cm³/mol. The van der Waals surface area contributed by atoms with E-state index in [-0.39, 0.29) is 6.10 Å². The molecule has 0 aromatic heterocycles. The summed E-state index contributed by atoms with van der Waals surface area (Å²) in [6, 6.07) is 8.13. The van der Waals surface area contributed by atoms with Gasteiger partial charge in [0.25, 0.3) is 0 Å². The molecular formula is C12H17BrOS. The average molecular weight is 289 g/mol. The maximum atomic E-state index is 9.79. The van der Waals surface area contributed by atoms with E-state index in [1.807, 2.05) is 23.9 Å². The molecule has 0 saturated carbocycles. The van der Waals surface area contributed by atoms with Crippen LogP contribution in [-0.4, -0.2) is 22.7 Å². The fourth-order valence-electron chi connectivity index (χ4n) is 1.40. The summed E-state index contributed by atoms with van der Waals surface area (Å²) in [5.74, 6) is 2.18. The number of aliphatic hydroxyl groups excluding tert-OH is 1. The molecule has 1 N–H and O–H groups in total. The van der Waals surface area contributed by atoms with E-state index in [1.165, 1.54) is 5.56 Å². The van der Waals surface area contributed by atoms with Crippen LogP contribution in [0.4, 0.5) is 0 Å². The third kappa shape index (κ3) is 5.59. The van der Waals surface area contributed by atoms with E-state index in [9.17, 15) is 5.11 Å². The van der Waals surface area contributed by atoms with Crippen LogP contribution in [0.25, 0.3) is 0 Å². The van der Waals surface area contributed by atoms with Gasteiger partial charge in [-0.15, -0.1) is 0 Å². The van der Waals surface area contributed by atoms with Gasteiger partial charge >= 0.3 is 0 Å². The van der Waals surface area contributed by atoms with Gasteiger partial charge in [0.05, 0.1) is 6.10 Å². The Morgan fingerprint density at radius 1 is 1.47 bits per heavy atom. The Bertz CT molecular complexity index is 291. The summed E-state index contributed by atoms with van der Waals surface area (Å²) in [6.07, 6.45) is 1.42. The van der Waals surface area contributed by atoms with Crippen LogP contribution in [0.2, 0.25) is 0 Å². The van der Waals surface area contributed by atoms with Crippen molar-refractivity contribution in [2.24, 2.45) is 0 Å². The van der Waals surface area contributed by atoms with E-state index in [0.29, 0.717) is 0 Å². The van der Waals surface area contributed by atoms with Gasteiger partial charge in [0, 0.05) is 4.47 Å². The number of thioether (sulfide) groups is 1. The van der Waals surface area contributed by atoms with E-state index < -0.39 is 0 Å². The first-order valence-corrected chi connectivity index (χ1v) is 7.17. The van der Waals surface area contributed by atoms with Crippen LogP contribution in [0.5, 0.6) is 0 Å². The first-order valence-electron chi connectivity index (χ1n) is 5.22. The highest BCUT2D eigenvalue weighted by atomic mass is 79.9. The summed E-state index contributed by atoms with van der Waals surface area (Å²) in [5.41, 5.74) is 1.19. The maximum Gasteiger partial charge on any atom is 0.0588 e. The lowest BCUT2D eigenvalue weighted by Gasteiger charge is -2.10. The predicted octanol–water partition coefficient (Wildman–Crippen LogP) is 3.50. The van der Waals surface area contributed by atoms with Gasteiger partial charge in [-0.2, -0.15) is 11.8 Å². The van der Waals surface area contributed by atoms with Crippen molar-refractivity contribution >= 4 is 27.7 Å². The molecule has 1 rings (SSSR count). The molecule has 0 heterocycles. The Morgan fingerprint density at radius 3 is 2.93 bits per heavy atom. The number of rotatable bonds is 6. The lowest BCUT2D eigenvalue weighted by Crippen LogP contribution is -2.11. The largest absolute Gasteiger partial charge is 0.393 e. The van der Waals surface area contributed by atoms with Crippen LogP contribution in [0, 0.1) is 0 Å². The molecule has 3 heteroatoms. The van der Waals surface area contributed by atoms with Gasteiger partial charge in [-0.3, -0.25) is 0 Å². The molecule has 0 aliphatic carbocycles. The monoisotopic (exact) mass is 288 g/mol. The molecule has 1 unspecified atom stereocenters. The number of hydrogen-bond donors (Lipinski definition) is 1. The zero-order valence-electron chi connectivity index (χ0n) is 8.95. The van der Waals surface area contributed by atoms with Crippen molar-refractivity contribution in [1.82, 2.24) is 0 Å². The van der Waals surface area contributed by atoms with E-state index in [0.717, 1.165) is 28.8 Å². The Hall–Kier alpha value is 0.01000. The maximum absolute atomic E-state index is 9.79. The summed E-state index contributed by atoms with van der Waals surface area (Å²) >= 11 is 5.31. The zero-order chi connectivity index (χ0) is 11.1. The van der Waals surface area contributed by atoms with E-state index in [4.69, 9.17) is 0 Å². The van der Waals surface area contributed by atoms with Crippen molar-refractivity contribution < 1.29 is 5.11 Å². The molecule has 0 fully saturated rings. The smallest absolute Gasteiger partial charge is 0.0588 e. The van der Waals surface area contributed by atoms with E-state index in [2.05, 4.69) is 35.0 Å². The lowest BCUT2D eigenvalue weighted by atomic mass is 10.1. The van der Waals surface area contributed by atoms with Gasteiger partial charge in [-0.1, -0.05) is 35.0 Å². The number of aliphatic hydroxyl groups is 1. The van der Waals surface area contributed by atoms with Gasteiger partial charge in [-0.05, 0) is 42.0 Å². The summed E-state index contributed by atoms with van der Waals surface area (Å²) < 4.78 is 1.08. The highest BCUT2D eigenvalue weighted by Gasteiger charge is 2.05. The van der Waals surface area contributed by atoms with Gasteiger partial charge < -0.3 is 5.11 Å². The van der Waals surface area contributed by atoms with Crippen molar-refractivity contribution in [1.29, 1.82) is 0 Å². The van der Waals surface area contributed by atoms with Gasteiger partial charge in [-0.25, -0.2) is 0 Å². The van der Waals surface area contributed by atoms with Crippen LogP contribution in [0.1, 0.15) is 18.9 Å². The molecule has 15 heavy (non-hydrogen) atoms. The molecule has 1 atom stereocenters. The van der Waals surface area contributed by atoms with Crippen LogP contribution in [0.15, 0.2) is 28.7 Å². The van der Waals surface area contributed by atoms with Crippen LogP contribution in [0.3, 0.4) is 0 Å². The van der Waals surface area contributed by atoms with Crippen molar-refractivity contribution in [3.8, 4) is 0 Å². The third-order valence-electron chi connectivity index (χ3n) is 2.16. The summed E-state index contributed by atoms with van der Waals surface area (Å²) in [4.78, 5) is 0. The molecule has 0 aliphatic heterocycles. The molecule has 0 radical (unpaired) electrons. The minimum absolute atomic E-state index is 0.210. The second-order valence-corrected chi connectivity index (χ2v) is 5.78. The molecule has 0 amide bonds. The standard InChI is InChI=1S/C12H17BrOS/c1-2-15-7-6-12(14)9-10-4-3-5-11(13)8-10/h3-5,8,12,14H,2,6-7,9H2,1H3. The van der Waals surface area contributed by atoms with Crippen molar-refractivity contribution in [3.63, 3.8) is 0 Å². The molecule has 84 valence electrons. The Balaban J connectivity index is 2.34. The molecule has 0 aliphatic rings. The Kier molecular flexibility index (Phi) is 6.37. The summed E-state index contributed by atoms with van der Waals surface area (Å²) in [5, 5.41) is 9.79. The van der Waals surface area contributed by atoms with Crippen LogP contribution >= 0.6 is 27.7 Å². The summed E-state index contributed by atoms with van der Waals surface area (Å²) in [6.45, 7) is 2.14. The van der Waals surface area contributed by atoms with Gasteiger partial charge in [0.2, 0.25) is 0 Å². The number of benzene rings is 1. The molecule has 1 nitrogen and oxygen atoms in total. The number of halogens is 1. The average Bonchev–Trinajstić information content (AvgIpc) is 2.18. The highest BCUT2D eigenvalue weighted by Crippen LogP contribution is 2.14. The molecule has 1 aromatic carbocycles. The molecule has 0 spiro atoms. The Morgan fingerprint density at radius 2 is 2.27 bits per heavy atom. The minimum Gasteiger partial charge on any atom is -0.393 e. The second kappa shape index (κ2) is 7.31. The van der Waals surface area contributed by atoms with Crippen LogP contribution < -0.4 is 0 Å². The second-order valence-electron chi connectivity index (χ2n) is 3.47. The zero-order valence-corrected chi connectivity index (χ0v) is 11.4. The molecule has 1 aromatic rings. The fourth-order valence-corrected chi connectivity index (χ4v) is 2.58. The molecular weight excluding hydrogens is 272 g/mol. The van der Waals surface area contributed by atoms with Gasteiger partial charge in [0.15, 0.2) is 0 Å². The molecule has 0 saturated heterocycles. The van der Waals surface area contributed by atoms with Crippen molar-refractivity contribution in [2.75, 3.05) is 11.5 Å². The van der Waals surface area contributed by atoms with Gasteiger partial charge in [0.1, 0.15) is 0 Å². The SMILES string of the molecule is CCSCCC(O)Cc1cccc(Br)c1. The lowest BCUT2D eigenvalue weighted by molar-refractivity contribution is 0.172. The summed E-state index contributed by atoms with van der Waals surface area (Å²) in [7, 11) is 0. The third-order valence-corrected chi connectivity index (χ3v) is 3.59. The first-order chi connectivity index (χ1) is 7.22. The van der Waals surface area contributed by atoms with Crippen LogP contribution in [-0.2, 0) is 6.42 Å². The van der Waals surface area contributed by atoms with E-state index in [1.54, 1.807) is 0 Å².